The smallest absolute Gasteiger partial charge is 0.126 e. The lowest BCUT2D eigenvalue weighted by molar-refractivity contribution is 0.322. The third kappa shape index (κ3) is 3.97. The van der Waals surface area contributed by atoms with Gasteiger partial charge in [0.05, 0.1) is 18.8 Å². The lowest BCUT2D eigenvalue weighted by Crippen LogP contribution is -2.09. The van der Waals surface area contributed by atoms with Gasteiger partial charge in [-0.2, -0.15) is 0 Å². The van der Waals surface area contributed by atoms with Gasteiger partial charge in [-0.1, -0.05) is 39.3 Å². The quantitative estimate of drug-likeness (QED) is 0.553. The van der Waals surface area contributed by atoms with Crippen LogP contribution in [0.5, 0.6) is 5.75 Å². The van der Waals surface area contributed by atoms with Crippen LogP contribution in [0.15, 0.2) is 12.1 Å². The lowest BCUT2D eigenvalue weighted by atomic mass is 9.87. The number of benzene rings is 1. The summed E-state index contributed by atoms with van der Waals surface area (Å²) in [6.45, 7) is 11.5. The molecule has 2 nitrogen and oxygen atoms in total. The van der Waals surface area contributed by atoms with Crippen molar-refractivity contribution in [2.45, 2.75) is 77.9 Å². The summed E-state index contributed by atoms with van der Waals surface area (Å²) in [5, 5.41) is 0.810. The summed E-state index contributed by atoms with van der Waals surface area (Å²) in [5.41, 5.74) is 2.47. The van der Waals surface area contributed by atoms with Crippen molar-refractivity contribution in [1.82, 2.24) is 0 Å². The molecule has 0 radical (unpaired) electrons. The van der Waals surface area contributed by atoms with E-state index in [1.807, 2.05) is 6.92 Å². The molecule has 0 bridgehead atoms. The SMILES string of the molecule is CCOc1c(C(C)C)cc(Cl)cc1C(CC)CC1OC1CC. The number of rotatable bonds is 8. The molecule has 0 aliphatic carbocycles. The normalized spacial score (nSPS) is 22.0. The molecule has 1 aliphatic heterocycles. The predicted octanol–water partition coefficient (Wildman–Crippen LogP) is 5.92. The van der Waals surface area contributed by atoms with E-state index in [-0.39, 0.29) is 0 Å². The van der Waals surface area contributed by atoms with E-state index in [4.69, 9.17) is 21.1 Å². The van der Waals surface area contributed by atoms with Crippen molar-refractivity contribution >= 4 is 11.6 Å². The van der Waals surface area contributed by atoms with E-state index in [9.17, 15) is 0 Å². The Labute approximate surface area is 140 Å². The first-order valence-electron chi connectivity index (χ1n) is 8.63. The zero-order valence-electron chi connectivity index (χ0n) is 14.5. The second-order valence-corrected chi connectivity index (χ2v) is 6.90. The van der Waals surface area contributed by atoms with Crippen molar-refractivity contribution in [3.8, 4) is 5.75 Å². The largest absolute Gasteiger partial charge is 0.493 e. The minimum absolute atomic E-state index is 0.400. The first-order valence-corrected chi connectivity index (χ1v) is 9.01. The Kier molecular flexibility index (Phi) is 6.17. The van der Waals surface area contributed by atoms with E-state index >= 15 is 0 Å². The molecule has 0 saturated carbocycles. The average Bonchev–Trinajstić information content (AvgIpc) is 3.24. The average molecular weight is 325 g/mol. The molecule has 3 unspecified atom stereocenters. The van der Waals surface area contributed by atoms with Crippen LogP contribution < -0.4 is 4.74 Å². The van der Waals surface area contributed by atoms with E-state index in [0.29, 0.717) is 30.7 Å². The van der Waals surface area contributed by atoms with Crippen molar-refractivity contribution in [3.63, 3.8) is 0 Å². The van der Waals surface area contributed by atoms with E-state index in [2.05, 4.69) is 39.8 Å². The van der Waals surface area contributed by atoms with Crippen molar-refractivity contribution in [1.29, 1.82) is 0 Å². The molecule has 1 fully saturated rings. The van der Waals surface area contributed by atoms with Crippen LogP contribution in [-0.4, -0.2) is 18.8 Å². The van der Waals surface area contributed by atoms with Crippen LogP contribution >= 0.6 is 11.6 Å². The van der Waals surface area contributed by atoms with Gasteiger partial charge in [0.2, 0.25) is 0 Å². The van der Waals surface area contributed by atoms with Crippen LogP contribution in [0, 0.1) is 0 Å². The Morgan fingerprint density at radius 3 is 2.32 bits per heavy atom. The fraction of sp³-hybridized carbons (Fsp3) is 0.684. The van der Waals surface area contributed by atoms with Gasteiger partial charge in [0.15, 0.2) is 0 Å². The van der Waals surface area contributed by atoms with Gasteiger partial charge in [-0.3, -0.25) is 0 Å². The van der Waals surface area contributed by atoms with Gasteiger partial charge in [-0.25, -0.2) is 0 Å². The minimum atomic E-state index is 0.400. The topological polar surface area (TPSA) is 21.8 Å². The number of halogens is 1. The van der Waals surface area contributed by atoms with Crippen molar-refractivity contribution < 1.29 is 9.47 Å². The number of epoxide rings is 1. The van der Waals surface area contributed by atoms with Crippen LogP contribution in [0.4, 0.5) is 0 Å². The summed E-state index contributed by atoms with van der Waals surface area (Å²) in [5.74, 6) is 1.89. The van der Waals surface area contributed by atoms with Crippen molar-refractivity contribution in [2.75, 3.05) is 6.61 Å². The third-order valence-electron chi connectivity index (χ3n) is 4.56. The van der Waals surface area contributed by atoms with Crippen LogP contribution in [0.2, 0.25) is 5.02 Å². The zero-order chi connectivity index (χ0) is 16.3. The highest BCUT2D eigenvalue weighted by Gasteiger charge is 2.39. The summed E-state index contributed by atoms with van der Waals surface area (Å²) in [4.78, 5) is 0. The summed E-state index contributed by atoms with van der Waals surface area (Å²) < 4.78 is 11.8. The first-order chi connectivity index (χ1) is 10.5. The Balaban J connectivity index is 2.33. The molecule has 3 atom stereocenters. The lowest BCUT2D eigenvalue weighted by Gasteiger charge is -2.23. The Morgan fingerprint density at radius 1 is 1.14 bits per heavy atom. The summed E-state index contributed by atoms with van der Waals surface area (Å²) in [7, 11) is 0. The molecule has 0 spiro atoms. The van der Waals surface area contributed by atoms with Gasteiger partial charge in [-0.05, 0) is 61.3 Å². The molecule has 0 amide bonds. The maximum absolute atomic E-state index is 6.39. The fourth-order valence-corrected chi connectivity index (χ4v) is 3.45. The maximum atomic E-state index is 6.39. The standard InChI is InChI=1S/C19H29ClO2/c1-6-13(9-18-17(7-2)22-18)16-11-14(20)10-15(12(4)5)19(16)21-8-3/h10-13,17-18H,6-9H2,1-5H3. The molecule has 2 rings (SSSR count). The predicted molar refractivity (Wildman–Crippen MR) is 93.3 cm³/mol. The minimum Gasteiger partial charge on any atom is -0.493 e. The van der Waals surface area contributed by atoms with Gasteiger partial charge >= 0.3 is 0 Å². The summed E-state index contributed by atoms with van der Waals surface area (Å²) >= 11 is 6.39. The van der Waals surface area contributed by atoms with E-state index in [1.54, 1.807) is 0 Å². The molecule has 1 heterocycles. The first kappa shape index (κ1) is 17.6. The second-order valence-electron chi connectivity index (χ2n) is 6.46. The Morgan fingerprint density at radius 2 is 1.82 bits per heavy atom. The molecule has 22 heavy (non-hydrogen) atoms. The molecular formula is C19H29ClO2. The fourth-order valence-electron chi connectivity index (χ4n) is 3.22. The molecule has 3 heteroatoms. The van der Waals surface area contributed by atoms with Gasteiger partial charge in [0, 0.05) is 5.02 Å². The highest BCUT2D eigenvalue weighted by molar-refractivity contribution is 6.30. The molecule has 1 aromatic rings. The second kappa shape index (κ2) is 7.70. The summed E-state index contributed by atoms with van der Waals surface area (Å²) in [6.07, 6.45) is 4.10. The summed E-state index contributed by atoms with van der Waals surface area (Å²) in [6, 6.07) is 4.14. The van der Waals surface area contributed by atoms with E-state index < -0.39 is 0 Å². The van der Waals surface area contributed by atoms with Gasteiger partial charge in [0.1, 0.15) is 5.75 Å². The van der Waals surface area contributed by atoms with Crippen LogP contribution in [-0.2, 0) is 4.74 Å². The highest BCUT2D eigenvalue weighted by atomic mass is 35.5. The molecule has 1 saturated heterocycles. The van der Waals surface area contributed by atoms with Crippen molar-refractivity contribution in [3.05, 3.63) is 28.3 Å². The van der Waals surface area contributed by atoms with Gasteiger partial charge in [0.25, 0.3) is 0 Å². The monoisotopic (exact) mass is 324 g/mol. The highest BCUT2D eigenvalue weighted by Crippen LogP contribution is 2.43. The molecular weight excluding hydrogens is 296 g/mol. The van der Waals surface area contributed by atoms with Crippen LogP contribution in [0.3, 0.4) is 0 Å². The maximum Gasteiger partial charge on any atom is 0.126 e. The van der Waals surface area contributed by atoms with Crippen LogP contribution in [0.25, 0.3) is 0 Å². The molecule has 1 aromatic carbocycles. The van der Waals surface area contributed by atoms with E-state index in [0.717, 1.165) is 30.0 Å². The molecule has 1 aliphatic rings. The van der Waals surface area contributed by atoms with Crippen molar-refractivity contribution in [2.24, 2.45) is 0 Å². The Bertz CT molecular complexity index is 498. The zero-order valence-corrected chi connectivity index (χ0v) is 15.2. The third-order valence-corrected chi connectivity index (χ3v) is 4.78. The van der Waals surface area contributed by atoms with Gasteiger partial charge in [-0.15, -0.1) is 0 Å². The number of hydrogen-bond donors (Lipinski definition) is 0. The Hall–Kier alpha value is -0.730. The number of hydrogen-bond acceptors (Lipinski definition) is 2. The number of ether oxygens (including phenoxy) is 2. The molecule has 124 valence electrons. The van der Waals surface area contributed by atoms with E-state index in [1.165, 1.54) is 11.1 Å². The van der Waals surface area contributed by atoms with Crippen LogP contribution in [0.1, 0.15) is 76.8 Å². The molecule has 0 aromatic heterocycles. The molecule has 0 N–H and O–H groups in total. The van der Waals surface area contributed by atoms with Gasteiger partial charge < -0.3 is 9.47 Å².